The molecule has 3 nitrogen and oxygen atoms in total. The van der Waals surface area contributed by atoms with Crippen molar-refractivity contribution in [3.8, 4) is 11.3 Å². The lowest BCUT2D eigenvalue weighted by atomic mass is 10.1. The van der Waals surface area contributed by atoms with E-state index in [1.54, 1.807) is 0 Å². The molecule has 2 rings (SSSR count). The van der Waals surface area contributed by atoms with Crippen molar-refractivity contribution in [2.75, 3.05) is 11.9 Å². The third-order valence-electron chi connectivity index (χ3n) is 2.76. The van der Waals surface area contributed by atoms with Gasteiger partial charge in [0.2, 0.25) is 0 Å². The lowest BCUT2D eigenvalue weighted by molar-refractivity contribution is 0.834. The molecule has 1 aromatic heterocycles. The lowest BCUT2D eigenvalue weighted by Gasteiger charge is -2.12. The van der Waals surface area contributed by atoms with Crippen LogP contribution in [0.4, 0.5) is 5.82 Å². The van der Waals surface area contributed by atoms with Gasteiger partial charge < -0.3 is 5.32 Å². The third-order valence-corrected chi connectivity index (χ3v) is 3.51. The van der Waals surface area contributed by atoms with E-state index in [0.717, 1.165) is 46.8 Å². The Morgan fingerprint density at radius 1 is 1.11 bits per heavy atom. The fraction of sp³-hybridized carbons (Fsp3) is 0.333. The van der Waals surface area contributed by atoms with Crippen LogP contribution in [0.1, 0.15) is 26.1 Å². The number of aromatic nitrogens is 2. The molecular formula is C15H18BrN3. The molecule has 0 aliphatic heterocycles. The zero-order valence-corrected chi connectivity index (χ0v) is 12.9. The average Bonchev–Trinajstić information content (AvgIpc) is 2.44. The van der Waals surface area contributed by atoms with Crippen LogP contribution in [0, 0.1) is 0 Å². The summed E-state index contributed by atoms with van der Waals surface area (Å²) in [7, 11) is 0. The molecule has 1 N–H and O–H groups in total. The summed E-state index contributed by atoms with van der Waals surface area (Å²) >= 11 is 3.62. The standard InChI is InChI=1S/C15H18BrN3/c1-3-8-12-18-14(11-9-6-5-7-10-11)13(16)15(19-12)17-4-2/h5-7,9-10H,3-4,8H2,1-2H3,(H,17,18,19). The second-order valence-electron chi connectivity index (χ2n) is 4.30. The maximum absolute atomic E-state index is 4.68. The van der Waals surface area contributed by atoms with E-state index in [-0.39, 0.29) is 0 Å². The minimum Gasteiger partial charge on any atom is -0.369 e. The summed E-state index contributed by atoms with van der Waals surface area (Å²) in [5.41, 5.74) is 2.06. The van der Waals surface area contributed by atoms with Gasteiger partial charge in [0.25, 0.3) is 0 Å². The lowest BCUT2D eigenvalue weighted by Crippen LogP contribution is -2.06. The van der Waals surface area contributed by atoms with Crippen molar-refractivity contribution in [1.82, 2.24) is 9.97 Å². The predicted octanol–water partition coefficient (Wildman–Crippen LogP) is 4.29. The number of benzene rings is 1. The van der Waals surface area contributed by atoms with Gasteiger partial charge in [-0.15, -0.1) is 0 Å². The number of nitrogens with one attached hydrogen (secondary N) is 1. The van der Waals surface area contributed by atoms with E-state index in [0.29, 0.717) is 0 Å². The van der Waals surface area contributed by atoms with Crippen LogP contribution in [0.25, 0.3) is 11.3 Å². The fourth-order valence-corrected chi connectivity index (χ4v) is 2.45. The molecule has 0 aliphatic rings. The topological polar surface area (TPSA) is 37.8 Å². The quantitative estimate of drug-likeness (QED) is 0.893. The third kappa shape index (κ3) is 3.32. The van der Waals surface area contributed by atoms with Gasteiger partial charge in [0.1, 0.15) is 11.6 Å². The zero-order valence-electron chi connectivity index (χ0n) is 11.3. The Balaban J connectivity index is 2.52. The van der Waals surface area contributed by atoms with E-state index in [1.165, 1.54) is 0 Å². The van der Waals surface area contributed by atoms with Crippen LogP contribution in [0.5, 0.6) is 0 Å². The normalized spacial score (nSPS) is 10.5. The van der Waals surface area contributed by atoms with Crippen LogP contribution in [-0.2, 0) is 6.42 Å². The molecule has 0 saturated heterocycles. The Labute approximate surface area is 122 Å². The number of nitrogens with zero attached hydrogens (tertiary/aromatic N) is 2. The largest absolute Gasteiger partial charge is 0.369 e. The van der Waals surface area contributed by atoms with E-state index in [2.05, 4.69) is 57.2 Å². The minimum atomic E-state index is 0.843. The molecule has 4 heteroatoms. The highest BCUT2D eigenvalue weighted by atomic mass is 79.9. The first-order valence-electron chi connectivity index (χ1n) is 6.62. The first kappa shape index (κ1) is 14.0. The zero-order chi connectivity index (χ0) is 13.7. The van der Waals surface area contributed by atoms with Gasteiger partial charge in [0.15, 0.2) is 0 Å². The molecule has 0 saturated carbocycles. The molecule has 19 heavy (non-hydrogen) atoms. The Hall–Kier alpha value is -1.42. The molecule has 0 fully saturated rings. The van der Waals surface area contributed by atoms with Crippen molar-refractivity contribution in [3.63, 3.8) is 0 Å². The van der Waals surface area contributed by atoms with Crippen molar-refractivity contribution in [3.05, 3.63) is 40.6 Å². The van der Waals surface area contributed by atoms with Gasteiger partial charge in [-0.05, 0) is 29.3 Å². The van der Waals surface area contributed by atoms with E-state index in [4.69, 9.17) is 0 Å². The molecule has 1 aromatic carbocycles. The van der Waals surface area contributed by atoms with Crippen molar-refractivity contribution in [1.29, 1.82) is 0 Å². The highest BCUT2D eigenvalue weighted by Crippen LogP contribution is 2.31. The summed E-state index contributed by atoms with van der Waals surface area (Å²) in [5, 5.41) is 3.29. The second-order valence-corrected chi connectivity index (χ2v) is 5.09. The molecule has 1 heterocycles. The SMILES string of the molecule is CCCc1nc(NCC)c(Br)c(-c2ccccc2)n1. The van der Waals surface area contributed by atoms with Crippen LogP contribution < -0.4 is 5.32 Å². The van der Waals surface area contributed by atoms with Crippen molar-refractivity contribution in [2.45, 2.75) is 26.7 Å². The highest BCUT2D eigenvalue weighted by Gasteiger charge is 2.12. The molecule has 0 aliphatic carbocycles. The number of aryl methyl sites for hydroxylation is 1. The summed E-state index contributed by atoms with van der Waals surface area (Å²) in [6.45, 7) is 5.05. The van der Waals surface area contributed by atoms with Gasteiger partial charge in [0, 0.05) is 18.5 Å². The Morgan fingerprint density at radius 2 is 1.84 bits per heavy atom. The van der Waals surface area contributed by atoms with E-state index in [1.807, 2.05) is 18.2 Å². The Morgan fingerprint density at radius 3 is 2.47 bits per heavy atom. The molecule has 0 bridgehead atoms. The van der Waals surface area contributed by atoms with Gasteiger partial charge in [-0.3, -0.25) is 0 Å². The summed E-state index contributed by atoms with van der Waals surface area (Å²) in [6, 6.07) is 10.2. The maximum Gasteiger partial charge on any atom is 0.144 e. The van der Waals surface area contributed by atoms with Gasteiger partial charge >= 0.3 is 0 Å². The number of halogens is 1. The maximum atomic E-state index is 4.68. The van der Waals surface area contributed by atoms with Crippen molar-refractivity contribution < 1.29 is 0 Å². The number of hydrogen-bond donors (Lipinski definition) is 1. The van der Waals surface area contributed by atoms with Crippen LogP contribution in [0.15, 0.2) is 34.8 Å². The summed E-state index contributed by atoms with van der Waals surface area (Å²) in [4.78, 5) is 9.25. The average molecular weight is 320 g/mol. The first-order valence-corrected chi connectivity index (χ1v) is 7.41. The minimum absolute atomic E-state index is 0.843. The predicted molar refractivity (Wildman–Crippen MR) is 83.3 cm³/mol. The Kier molecular flexibility index (Phi) is 4.91. The van der Waals surface area contributed by atoms with E-state index < -0.39 is 0 Å². The van der Waals surface area contributed by atoms with Gasteiger partial charge in [-0.2, -0.15) is 0 Å². The van der Waals surface area contributed by atoms with Crippen LogP contribution in [-0.4, -0.2) is 16.5 Å². The molecule has 0 unspecified atom stereocenters. The van der Waals surface area contributed by atoms with Gasteiger partial charge in [-0.1, -0.05) is 37.3 Å². The van der Waals surface area contributed by atoms with Crippen LogP contribution in [0.2, 0.25) is 0 Å². The second kappa shape index (κ2) is 6.66. The molecule has 100 valence electrons. The molecule has 0 atom stereocenters. The van der Waals surface area contributed by atoms with Crippen molar-refractivity contribution in [2.24, 2.45) is 0 Å². The fourth-order valence-electron chi connectivity index (χ4n) is 1.90. The smallest absolute Gasteiger partial charge is 0.144 e. The summed E-state index contributed by atoms with van der Waals surface area (Å²) in [6.07, 6.45) is 1.94. The molecular weight excluding hydrogens is 302 g/mol. The number of rotatable bonds is 5. The molecule has 0 spiro atoms. The van der Waals surface area contributed by atoms with Gasteiger partial charge in [-0.25, -0.2) is 9.97 Å². The van der Waals surface area contributed by atoms with Crippen LogP contribution >= 0.6 is 15.9 Å². The number of anilines is 1. The molecule has 2 aromatic rings. The molecule has 0 radical (unpaired) electrons. The number of hydrogen-bond acceptors (Lipinski definition) is 3. The summed E-state index contributed by atoms with van der Waals surface area (Å²) < 4.78 is 0.931. The van der Waals surface area contributed by atoms with Gasteiger partial charge in [0.05, 0.1) is 10.2 Å². The van der Waals surface area contributed by atoms with Crippen molar-refractivity contribution >= 4 is 21.7 Å². The van der Waals surface area contributed by atoms with E-state index in [9.17, 15) is 0 Å². The first-order chi connectivity index (χ1) is 9.26. The highest BCUT2D eigenvalue weighted by molar-refractivity contribution is 9.10. The monoisotopic (exact) mass is 319 g/mol. The molecule has 0 amide bonds. The Bertz CT molecular complexity index is 541. The van der Waals surface area contributed by atoms with E-state index >= 15 is 0 Å². The summed E-state index contributed by atoms with van der Waals surface area (Å²) in [5.74, 6) is 1.76. The van der Waals surface area contributed by atoms with Crippen LogP contribution in [0.3, 0.4) is 0 Å².